The summed E-state index contributed by atoms with van der Waals surface area (Å²) in [6.07, 6.45) is 15.7. The third kappa shape index (κ3) is 9.93. The lowest BCUT2D eigenvalue weighted by molar-refractivity contribution is -0.206. The molecule has 0 radical (unpaired) electrons. The van der Waals surface area contributed by atoms with Crippen LogP contribution in [0.25, 0.3) is 11.3 Å². The summed E-state index contributed by atoms with van der Waals surface area (Å²) in [4.78, 5) is 4.67. The van der Waals surface area contributed by atoms with Gasteiger partial charge in [-0.1, -0.05) is 78.2 Å². The Kier molecular flexibility index (Phi) is 12.6. The number of ether oxygens (including phenoxy) is 3. The number of rotatable bonds is 16. The zero-order chi connectivity index (χ0) is 24.7. The highest BCUT2D eigenvalue weighted by Crippen LogP contribution is 2.28. The zero-order valence-corrected chi connectivity index (χ0v) is 22.3. The van der Waals surface area contributed by atoms with Gasteiger partial charge in [0.25, 0.3) is 0 Å². The summed E-state index contributed by atoms with van der Waals surface area (Å²) in [5.74, 6) is 2.26. The number of nitrogens with zero attached hydrogens (tertiary/aromatic N) is 1. The normalized spacial score (nSPS) is 18.9. The molecular formula is C31H47NO3. The van der Waals surface area contributed by atoms with Crippen molar-refractivity contribution in [3.63, 3.8) is 0 Å². The molecule has 2 aromatic rings. The summed E-state index contributed by atoms with van der Waals surface area (Å²) < 4.78 is 18.0. The van der Waals surface area contributed by atoms with Gasteiger partial charge in [0.05, 0.1) is 25.5 Å². The highest BCUT2D eigenvalue weighted by Gasteiger charge is 2.23. The Labute approximate surface area is 213 Å². The van der Waals surface area contributed by atoms with Gasteiger partial charge in [0.15, 0.2) is 6.29 Å². The van der Waals surface area contributed by atoms with E-state index in [4.69, 9.17) is 14.2 Å². The maximum atomic E-state index is 6.03. The first-order valence-electron chi connectivity index (χ1n) is 14.1. The predicted molar refractivity (Wildman–Crippen MR) is 145 cm³/mol. The van der Waals surface area contributed by atoms with E-state index >= 15 is 0 Å². The van der Waals surface area contributed by atoms with Crippen molar-refractivity contribution < 1.29 is 14.2 Å². The lowest BCUT2D eigenvalue weighted by Gasteiger charge is -2.29. The van der Waals surface area contributed by atoms with Gasteiger partial charge in [-0.25, -0.2) is 0 Å². The molecule has 0 N–H and O–H groups in total. The number of benzene rings is 1. The molecular weight excluding hydrogens is 434 g/mol. The molecule has 0 aliphatic carbocycles. The highest BCUT2D eigenvalue weighted by atomic mass is 16.7. The molecule has 1 saturated heterocycles. The molecule has 0 saturated carbocycles. The molecule has 2 heterocycles. The minimum Gasteiger partial charge on any atom is -0.494 e. The molecule has 1 aliphatic heterocycles. The van der Waals surface area contributed by atoms with Crippen LogP contribution in [0, 0.1) is 11.8 Å². The maximum Gasteiger partial charge on any atom is 0.185 e. The standard InChI is InChI=1S/C31H47NO3/c1-4-6-7-8-9-10-14-26-23-34-31(35-24-26)28-17-20-30(32-22-28)27-15-18-29(19-16-27)33-21-12-11-13-25(3)5-2/h15-20,22,25-26,31H,4-14,21,23-24H2,1-3H3/t25-,26-,31-/m0/s1. The predicted octanol–water partition coefficient (Wildman–Crippen LogP) is 8.76. The summed E-state index contributed by atoms with van der Waals surface area (Å²) in [5, 5.41) is 0. The largest absolute Gasteiger partial charge is 0.494 e. The van der Waals surface area contributed by atoms with E-state index in [1.165, 1.54) is 64.2 Å². The molecule has 1 aromatic carbocycles. The SMILES string of the molecule is CCCCCCCC[C@H]1CO[C@H](c2ccc(-c3ccc(OCCCC[C@@H](C)CC)cc3)nc2)OC1. The van der Waals surface area contributed by atoms with Gasteiger partial charge in [-0.05, 0) is 55.5 Å². The van der Waals surface area contributed by atoms with E-state index in [1.807, 2.05) is 18.3 Å². The third-order valence-corrected chi connectivity index (χ3v) is 7.20. The van der Waals surface area contributed by atoms with Gasteiger partial charge in [-0.15, -0.1) is 0 Å². The van der Waals surface area contributed by atoms with E-state index in [0.29, 0.717) is 5.92 Å². The second-order valence-electron chi connectivity index (χ2n) is 10.3. The van der Waals surface area contributed by atoms with Crippen LogP contribution in [-0.4, -0.2) is 24.8 Å². The Balaban J connectivity index is 1.37. The van der Waals surface area contributed by atoms with Crippen molar-refractivity contribution in [1.82, 2.24) is 4.98 Å². The average Bonchev–Trinajstić information content (AvgIpc) is 2.91. The van der Waals surface area contributed by atoms with Gasteiger partial charge < -0.3 is 14.2 Å². The van der Waals surface area contributed by atoms with Crippen molar-refractivity contribution in [2.75, 3.05) is 19.8 Å². The van der Waals surface area contributed by atoms with Gasteiger partial charge in [0.1, 0.15) is 5.75 Å². The van der Waals surface area contributed by atoms with E-state index in [9.17, 15) is 0 Å². The van der Waals surface area contributed by atoms with Crippen molar-refractivity contribution in [3.05, 3.63) is 48.2 Å². The molecule has 1 aromatic heterocycles. The lowest BCUT2D eigenvalue weighted by atomic mass is 10.0. The summed E-state index contributed by atoms with van der Waals surface area (Å²) in [7, 11) is 0. The van der Waals surface area contributed by atoms with Crippen molar-refractivity contribution in [2.45, 2.75) is 97.7 Å². The smallest absolute Gasteiger partial charge is 0.185 e. The van der Waals surface area contributed by atoms with Crippen LogP contribution in [-0.2, 0) is 9.47 Å². The Hall–Kier alpha value is -1.91. The number of hydrogen-bond acceptors (Lipinski definition) is 4. The summed E-state index contributed by atoms with van der Waals surface area (Å²) in [6, 6.07) is 12.4. The fraction of sp³-hybridized carbons (Fsp3) is 0.645. The average molecular weight is 482 g/mol. The molecule has 4 nitrogen and oxygen atoms in total. The zero-order valence-electron chi connectivity index (χ0n) is 22.3. The molecule has 0 amide bonds. The molecule has 0 bridgehead atoms. The number of pyridine rings is 1. The first kappa shape index (κ1) is 27.7. The van der Waals surface area contributed by atoms with Gasteiger partial charge in [0, 0.05) is 23.2 Å². The Morgan fingerprint density at radius 1 is 0.886 bits per heavy atom. The van der Waals surface area contributed by atoms with Crippen molar-refractivity contribution in [1.29, 1.82) is 0 Å². The fourth-order valence-corrected chi connectivity index (χ4v) is 4.54. The molecule has 4 heteroatoms. The Morgan fingerprint density at radius 2 is 1.63 bits per heavy atom. The molecule has 0 unspecified atom stereocenters. The van der Waals surface area contributed by atoms with Gasteiger partial charge in [0.2, 0.25) is 0 Å². The van der Waals surface area contributed by atoms with E-state index in [-0.39, 0.29) is 6.29 Å². The summed E-state index contributed by atoms with van der Waals surface area (Å²) in [5.41, 5.74) is 3.03. The topological polar surface area (TPSA) is 40.6 Å². The molecule has 1 aliphatic rings. The molecule has 35 heavy (non-hydrogen) atoms. The minimum atomic E-state index is -0.298. The molecule has 1 fully saturated rings. The molecule has 3 rings (SSSR count). The van der Waals surface area contributed by atoms with Crippen molar-refractivity contribution >= 4 is 0 Å². The maximum absolute atomic E-state index is 6.03. The van der Waals surface area contributed by atoms with Gasteiger partial charge in [-0.2, -0.15) is 0 Å². The summed E-state index contributed by atoms with van der Waals surface area (Å²) >= 11 is 0. The number of aromatic nitrogens is 1. The van der Waals surface area contributed by atoms with E-state index in [2.05, 4.69) is 50.0 Å². The second kappa shape index (κ2) is 16.0. The monoisotopic (exact) mass is 481 g/mol. The lowest BCUT2D eigenvalue weighted by Crippen LogP contribution is -2.27. The van der Waals surface area contributed by atoms with Crippen LogP contribution in [0.1, 0.15) is 103 Å². The Bertz CT molecular complexity index is 797. The first-order chi connectivity index (χ1) is 17.2. The fourth-order valence-electron chi connectivity index (χ4n) is 4.54. The number of hydrogen-bond donors (Lipinski definition) is 0. The molecule has 0 spiro atoms. The minimum absolute atomic E-state index is 0.298. The van der Waals surface area contributed by atoms with E-state index < -0.39 is 0 Å². The van der Waals surface area contributed by atoms with Gasteiger partial charge >= 0.3 is 0 Å². The van der Waals surface area contributed by atoms with Crippen molar-refractivity contribution in [2.24, 2.45) is 11.8 Å². The van der Waals surface area contributed by atoms with E-state index in [1.54, 1.807) is 0 Å². The van der Waals surface area contributed by atoms with Crippen LogP contribution < -0.4 is 4.74 Å². The second-order valence-corrected chi connectivity index (χ2v) is 10.3. The van der Waals surface area contributed by atoms with Crippen LogP contribution in [0.4, 0.5) is 0 Å². The summed E-state index contributed by atoms with van der Waals surface area (Å²) in [6.45, 7) is 9.18. The van der Waals surface area contributed by atoms with E-state index in [0.717, 1.165) is 54.7 Å². The van der Waals surface area contributed by atoms with Gasteiger partial charge in [-0.3, -0.25) is 4.98 Å². The van der Waals surface area contributed by atoms with Crippen LogP contribution in [0.2, 0.25) is 0 Å². The highest BCUT2D eigenvalue weighted by molar-refractivity contribution is 5.60. The van der Waals surface area contributed by atoms with Crippen LogP contribution >= 0.6 is 0 Å². The molecule has 194 valence electrons. The van der Waals surface area contributed by atoms with Crippen LogP contribution in [0.3, 0.4) is 0 Å². The quantitative estimate of drug-likeness (QED) is 0.225. The Morgan fingerprint density at radius 3 is 2.31 bits per heavy atom. The number of unbranched alkanes of at least 4 members (excludes halogenated alkanes) is 6. The van der Waals surface area contributed by atoms with Crippen LogP contribution in [0.5, 0.6) is 5.75 Å². The molecule has 1 atom stereocenters. The third-order valence-electron chi connectivity index (χ3n) is 7.20. The van der Waals surface area contributed by atoms with Crippen LogP contribution in [0.15, 0.2) is 42.6 Å². The van der Waals surface area contributed by atoms with Crippen molar-refractivity contribution in [3.8, 4) is 17.0 Å². The first-order valence-corrected chi connectivity index (χ1v) is 14.1.